The lowest BCUT2D eigenvalue weighted by molar-refractivity contribution is 0.591. The third kappa shape index (κ3) is 2.94. The van der Waals surface area contributed by atoms with Crippen LogP contribution in [0, 0.1) is 5.82 Å². The molecule has 0 radical (unpaired) electrons. The zero-order valence-corrected chi connectivity index (χ0v) is 12.6. The molecule has 1 aliphatic carbocycles. The van der Waals surface area contributed by atoms with Gasteiger partial charge in [-0.25, -0.2) is 4.39 Å². The first-order valence-electron chi connectivity index (χ1n) is 7.29. The predicted molar refractivity (Wildman–Crippen MR) is 82.9 cm³/mol. The maximum absolute atomic E-state index is 13.3. The summed E-state index contributed by atoms with van der Waals surface area (Å²) in [6.45, 7) is 0. The van der Waals surface area contributed by atoms with E-state index in [0.717, 1.165) is 12.0 Å². The summed E-state index contributed by atoms with van der Waals surface area (Å²) in [5, 5.41) is 3.38. The molecule has 0 amide bonds. The summed E-state index contributed by atoms with van der Waals surface area (Å²) < 4.78 is 13.3. The van der Waals surface area contributed by atoms with E-state index >= 15 is 0 Å². The highest BCUT2D eigenvalue weighted by atomic mass is 32.1. The van der Waals surface area contributed by atoms with Crippen molar-refractivity contribution in [2.24, 2.45) is 0 Å². The molecule has 2 aromatic rings. The monoisotopic (exact) mass is 289 g/mol. The van der Waals surface area contributed by atoms with E-state index in [1.54, 1.807) is 17.0 Å². The van der Waals surface area contributed by atoms with Gasteiger partial charge < -0.3 is 5.32 Å². The molecule has 1 aromatic carbocycles. The standard InChI is InChI=1S/C17H20FNS/c1-19-15(10-12-5-4-7-14(18)9-12)17-11-13-6-2-3-8-16(13)20-17/h4-5,7,9,11,15,19H,2-3,6,8,10H2,1H3. The largest absolute Gasteiger partial charge is 0.312 e. The van der Waals surface area contributed by atoms with Crippen LogP contribution in [0.1, 0.15) is 39.8 Å². The van der Waals surface area contributed by atoms with E-state index in [1.165, 1.54) is 42.2 Å². The molecule has 1 nitrogen and oxygen atoms in total. The molecule has 0 spiro atoms. The van der Waals surface area contributed by atoms with Crippen LogP contribution < -0.4 is 5.32 Å². The highest BCUT2D eigenvalue weighted by Crippen LogP contribution is 2.34. The van der Waals surface area contributed by atoms with Gasteiger partial charge in [0.1, 0.15) is 5.82 Å². The summed E-state index contributed by atoms with van der Waals surface area (Å²) in [5.74, 6) is -0.150. The molecule has 0 saturated carbocycles. The minimum absolute atomic E-state index is 0.150. The number of halogens is 1. The van der Waals surface area contributed by atoms with E-state index in [0.29, 0.717) is 0 Å². The van der Waals surface area contributed by atoms with Gasteiger partial charge in [0.25, 0.3) is 0 Å². The van der Waals surface area contributed by atoms with Gasteiger partial charge in [-0.05, 0) is 68.5 Å². The molecule has 0 aliphatic heterocycles. The highest BCUT2D eigenvalue weighted by Gasteiger charge is 2.18. The fourth-order valence-corrected chi connectivity index (χ4v) is 4.30. The summed E-state index contributed by atoms with van der Waals surface area (Å²) in [5.41, 5.74) is 2.59. The SMILES string of the molecule is CNC(Cc1cccc(F)c1)c1cc2c(s1)CCCC2. The number of aryl methyl sites for hydroxylation is 2. The van der Waals surface area contributed by atoms with Crippen molar-refractivity contribution in [3.05, 3.63) is 57.0 Å². The summed E-state index contributed by atoms with van der Waals surface area (Å²) in [6, 6.07) is 9.57. The zero-order valence-electron chi connectivity index (χ0n) is 11.8. The van der Waals surface area contributed by atoms with Crippen molar-refractivity contribution in [1.82, 2.24) is 5.32 Å². The fraction of sp³-hybridized carbons (Fsp3) is 0.412. The van der Waals surface area contributed by atoms with Crippen LogP contribution in [0.2, 0.25) is 0 Å². The normalized spacial score (nSPS) is 15.9. The smallest absolute Gasteiger partial charge is 0.123 e. The van der Waals surface area contributed by atoms with Crippen molar-refractivity contribution >= 4 is 11.3 Å². The Hall–Kier alpha value is -1.19. The molecule has 106 valence electrons. The van der Waals surface area contributed by atoms with Crippen molar-refractivity contribution < 1.29 is 4.39 Å². The number of likely N-dealkylation sites (N-methyl/N-ethyl adjacent to an activating group) is 1. The number of fused-ring (bicyclic) bond motifs is 1. The number of hydrogen-bond donors (Lipinski definition) is 1. The van der Waals surface area contributed by atoms with E-state index in [2.05, 4.69) is 11.4 Å². The Morgan fingerprint density at radius 3 is 2.85 bits per heavy atom. The number of hydrogen-bond acceptors (Lipinski definition) is 2. The van der Waals surface area contributed by atoms with Gasteiger partial charge in [0.05, 0.1) is 0 Å². The van der Waals surface area contributed by atoms with Gasteiger partial charge >= 0.3 is 0 Å². The predicted octanol–water partition coefficient (Wildman–Crippen LogP) is 4.27. The number of benzene rings is 1. The highest BCUT2D eigenvalue weighted by molar-refractivity contribution is 7.12. The second-order valence-corrected chi connectivity index (χ2v) is 6.65. The van der Waals surface area contributed by atoms with Gasteiger partial charge in [-0.1, -0.05) is 12.1 Å². The van der Waals surface area contributed by atoms with Crippen LogP contribution in [0.25, 0.3) is 0 Å². The van der Waals surface area contributed by atoms with E-state index < -0.39 is 0 Å². The minimum Gasteiger partial charge on any atom is -0.312 e. The van der Waals surface area contributed by atoms with Crippen LogP contribution in [0.5, 0.6) is 0 Å². The summed E-state index contributed by atoms with van der Waals surface area (Å²) in [7, 11) is 1.99. The van der Waals surface area contributed by atoms with E-state index in [-0.39, 0.29) is 11.9 Å². The second kappa shape index (κ2) is 6.06. The first-order valence-corrected chi connectivity index (χ1v) is 8.11. The Kier molecular flexibility index (Phi) is 4.18. The number of nitrogens with one attached hydrogen (secondary N) is 1. The van der Waals surface area contributed by atoms with Crippen molar-refractivity contribution in [2.75, 3.05) is 7.05 Å². The Morgan fingerprint density at radius 1 is 1.25 bits per heavy atom. The molecule has 3 rings (SSSR count). The molecule has 20 heavy (non-hydrogen) atoms. The van der Waals surface area contributed by atoms with E-state index in [1.807, 2.05) is 24.5 Å². The Labute approximate surface area is 123 Å². The van der Waals surface area contributed by atoms with Crippen molar-refractivity contribution in [3.8, 4) is 0 Å². The Balaban J connectivity index is 1.81. The van der Waals surface area contributed by atoms with Crippen LogP contribution in [-0.4, -0.2) is 7.05 Å². The molecule has 0 bridgehead atoms. The van der Waals surface area contributed by atoms with Crippen LogP contribution in [0.15, 0.2) is 30.3 Å². The summed E-state index contributed by atoms with van der Waals surface area (Å²) >= 11 is 1.94. The van der Waals surface area contributed by atoms with Gasteiger partial charge in [-0.15, -0.1) is 11.3 Å². The maximum Gasteiger partial charge on any atom is 0.123 e. The average molecular weight is 289 g/mol. The summed E-state index contributed by atoms with van der Waals surface area (Å²) in [6.07, 6.45) is 5.94. The van der Waals surface area contributed by atoms with Gasteiger partial charge in [0.15, 0.2) is 0 Å². The van der Waals surface area contributed by atoms with Crippen molar-refractivity contribution in [1.29, 1.82) is 0 Å². The molecule has 0 fully saturated rings. The Bertz CT molecular complexity index is 567. The lowest BCUT2D eigenvalue weighted by Gasteiger charge is -2.14. The minimum atomic E-state index is -0.150. The van der Waals surface area contributed by atoms with Crippen molar-refractivity contribution in [3.63, 3.8) is 0 Å². The van der Waals surface area contributed by atoms with Gasteiger partial charge in [-0.3, -0.25) is 0 Å². The molecular formula is C17H20FNS. The lowest BCUT2D eigenvalue weighted by Crippen LogP contribution is -2.17. The quantitative estimate of drug-likeness (QED) is 0.886. The van der Waals surface area contributed by atoms with Crippen LogP contribution in [-0.2, 0) is 19.3 Å². The molecule has 1 aliphatic rings. The van der Waals surface area contributed by atoms with Crippen LogP contribution >= 0.6 is 11.3 Å². The molecule has 3 heteroatoms. The lowest BCUT2D eigenvalue weighted by atomic mass is 9.98. The molecule has 1 unspecified atom stereocenters. The number of rotatable bonds is 4. The fourth-order valence-electron chi connectivity index (χ4n) is 2.93. The molecule has 1 N–H and O–H groups in total. The zero-order chi connectivity index (χ0) is 13.9. The maximum atomic E-state index is 13.3. The third-order valence-corrected chi connectivity index (χ3v) is 5.39. The van der Waals surface area contributed by atoms with Crippen molar-refractivity contribution in [2.45, 2.75) is 38.1 Å². The van der Waals surface area contributed by atoms with Gasteiger partial charge in [0.2, 0.25) is 0 Å². The molecule has 1 heterocycles. The van der Waals surface area contributed by atoms with Gasteiger partial charge in [0, 0.05) is 15.8 Å². The molecule has 1 aromatic heterocycles. The number of thiophene rings is 1. The van der Waals surface area contributed by atoms with E-state index in [4.69, 9.17) is 0 Å². The Morgan fingerprint density at radius 2 is 2.10 bits per heavy atom. The second-order valence-electron chi connectivity index (χ2n) is 5.48. The first kappa shape index (κ1) is 13.8. The average Bonchev–Trinajstić information content (AvgIpc) is 2.88. The van der Waals surface area contributed by atoms with Gasteiger partial charge in [-0.2, -0.15) is 0 Å². The topological polar surface area (TPSA) is 12.0 Å². The summed E-state index contributed by atoms with van der Waals surface area (Å²) in [4.78, 5) is 2.95. The third-order valence-electron chi connectivity index (χ3n) is 4.04. The first-order chi connectivity index (χ1) is 9.76. The molecular weight excluding hydrogens is 269 g/mol. The van der Waals surface area contributed by atoms with Crippen LogP contribution in [0.4, 0.5) is 4.39 Å². The van der Waals surface area contributed by atoms with Crippen LogP contribution in [0.3, 0.4) is 0 Å². The molecule has 1 atom stereocenters. The molecule has 0 saturated heterocycles. The van der Waals surface area contributed by atoms with E-state index in [9.17, 15) is 4.39 Å².